The van der Waals surface area contributed by atoms with Gasteiger partial charge in [0.2, 0.25) is 0 Å². The van der Waals surface area contributed by atoms with Crippen molar-refractivity contribution in [1.82, 2.24) is 0 Å². The van der Waals surface area contributed by atoms with Crippen LogP contribution >= 0.6 is 20.3 Å². The molecule has 1 aromatic carbocycles. The van der Waals surface area contributed by atoms with Crippen molar-refractivity contribution >= 4 is 25.9 Å². The fourth-order valence-electron chi connectivity index (χ4n) is 2.07. The second-order valence-electron chi connectivity index (χ2n) is 4.53. The second kappa shape index (κ2) is 9.16. The number of benzene rings is 1. The van der Waals surface area contributed by atoms with Crippen LogP contribution in [0, 0.1) is 0 Å². The molecule has 0 heterocycles. The summed E-state index contributed by atoms with van der Waals surface area (Å²) in [7, 11) is -0.853. The number of ether oxygens (including phenoxy) is 2. The lowest BCUT2D eigenvalue weighted by Crippen LogP contribution is -2.32. The monoisotopic (exact) mass is 331 g/mol. The van der Waals surface area contributed by atoms with E-state index in [9.17, 15) is 4.57 Å². The molecule has 6 heteroatoms. The van der Waals surface area contributed by atoms with E-state index >= 15 is 0 Å². The van der Waals surface area contributed by atoms with Crippen molar-refractivity contribution in [2.24, 2.45) is 0 Å². The van der Waals surface area contributed by atoms with Gasteiger partial charge in [0, 0.05) is 30.2 Å². The normalized spacial score (nSPS) is 12.7. The lowest BCUT2D eigenvalue weighted by molar-refractivity contribution is -0.216. The number of rotatable bonds is 9. The average Bonchev–Trinajstić information content (AvgIpc) is 2.45. The van der Waals surface area contributed by atoms with Gasteiger partial charge in [-0.1, -0.05) is 23.7 Å². The first-order chi connectivity index (χ1) is 10.0. The maximum atomic E-state index is 10.6. The van der Waals surface area contributed by atoms with E-state index in [1.165, 1.54) is 6.26 Å². The van der Waals surface area contributed by atoms with E-state index in [1.54, 1.807) is 12.1 Å². The van der Waals surface area contributed by atoms with Crippen LogP contribution < -0.4 is 0 Å². The molecule has 0 amide bonds. The molecule has 0 aliphatic heterocycles. The minimum absolute atomic E-state index is 0.473. The summed E-state index contributed by atoms with van der Waals surface area (Å²) in [6.45, 7) is 6.78. The number of hydrogen-bond donors (Lipinski definition) is 0. The molecule has 1 unspecified atom stereocenters. The molecule has 0 radical (unpaired) electrons. The van der Waals surface area contributed by atoms with Crippen LogP contribution in [-0.2, 0) is 18.6 Å². The summed E-state index contributed by atoms with van der Waals surface area (Å²) in [5.41, 5.74) is 1.75. The molecule has 0 aliphatic rings. The third kappa shape index (κ3) is 6.15. The van der Waals surface area contributed by atoms with Crippen molar-refractivity contribution < 1.29 is 18.6 Å². The maximum Gasteiger partial charge on any atom is 0.541 e. The van der Waals surface area contributed by atoms with Crippen LogP contribution in [0.4, 0.5) is 0 Å². The van der Waals surface area contributed by atoms with Crippen LogP contribution in [0.15, 0.2) is 30.5 Å². The predicted molar refractivity (Wildman–Crippen MR) is 85.8 cm³/mol. The summed E-state index contributed by atoms with van der Waals surface area (Å²) in [6.07, 6.45) is 1.95. The van der Waals surface area contributed by atoms with Gasteiger partial charge in [-0.3, -0.25) is 4.52 Å². The second-order valence-corrected chi connectivity index (χ2v) is 5.37. The van der Waals surface area contributed by atoms with Crippen LogP contribution in [0.2, 0.25) is 5.02 Å². The molecular formula is C15H21ClO4P+. The molecule has 0 aromatic heterocycles. The Hall–Kier alpha value is -0.930. The predicted octanol–water partition coefficient (Wildman–Crippen LogP) is 4.82. The van der Waals surface area contributed by atoms with E-state index in [0.717, 1.165) is 11.1 Å². The third-order valence-corrected chi connectivity index (χ3v) is 3.34. The molecule has 0 saturated heterocycles. The van der Waals surface area contributed by atoms with Gasteiger partial charge in [-0.25, -0.2) is 0 Å². The molecule has 0 bridgehead atoms. The van der Waals surface area contributed by atoms with Crippen LogP contribution in [0.25, 0.3) is 5.57 Å². The zero-order chi connectivity index (χ0) is 15.7. The summed E-state index contributed by atoms with van der Waals surface area (Å²) < 4.78 is 27.0. The summed E-state index contributed by atoms with van der Waals surface area (Å²) in [5, 5.41) is 0.655. The van der Waals surface area contributed by atoms with Crippen LogP contribution in [-0.4, -0.2) is 19.0 Å². The van der Waals surface area contributed by atoms with Gasteiger partial charge in [-0.15, -0.1) is 0 Å². The number of halogens is 1. The van der Waals surface area contributed by atoms with Gasteiger partial charge in [0.25, 0.3) is 0 Å². The Labute approximate surface area is 132 Å². The highest BCUT2D eigenvalue weighted by Crippen LogP contribution is 2.30. The number of hydrogen-bond acceptors (Lipinski definition) is 4. The Morgan fingerprint density at radius 2 is 1.81 bits per heavy atom. The van der Waals surface area contributed by atoms with Crippen molar-refractivity contribution in [3.05, 3.63) is 41.1 Å². The maximum absolute atomic E-state index is 10.6. The Morgan fingerprint density at radius 1 is 1.24 bits per heavy atom. The summed E-state index contributed by atoms with van der Waals surface area (Å²) in [4.78, 5) is 0. The van der Waals surface area contributed by atoms with E-state index in [0.29, 0.717) is 24.7 Å². The molecular weight excluding hydrogens is 311 g/mol. The van der Waals surface area contributed by atoms with Crippen molar-refractivity contribution in [2.75, 3.05) is 13.2 Å². The topological polar surface area (TPSA) is 44.8 Å². The standard InChI is InChI=1S/C15H21ClO4P/c1-4-18-15(3,19-5-2)10-13(11-20-21-17)12-6-8-14(16)9-7-12/h6-9,11,21H,4-5,10H2,1-3H3/q+1. The van der Waals surface area contributed by atoms with Crippen molar-refractivity contribution in [3.63, 3.8) is 0 Å². The van der Waals surface area contributed by atoms with Gasteiger partial charge in [0.15, 0.2) is 12.0 Å². The van der Waals surface area contributed by atoms with Gasteiger partial charge in [-0.2, -0.15) is 0 Å². The Morgan fingerprint density at radius 3 is 2.29 bits per heavy atom. The van der Waals surface area contributed by atoms with Gasteiger partial charge in [0.1, 0.15) is 0 Å². The lowest BCUT2D eigenvalue weighted by atomic mass is 9.99. The molecule has 0 fully saturated rings. The highest BCUT2D eigenvalue weighted by Gasteiger charge is 2.27. The summed E-state index contributed by atoms with van der Waals surface area (Å²) in [6, 6.07) is 7.35. The van der Waals surface area contributed by atoms with Gasteiger partial charge in [-0.05, 0) is 43.0 Å². The molecule has 0 saturated carbocycles. The Bertz CT molecular complexity index is 467. The molecule has 1 atom stereocenters. The largest absolute Gasteiger partial charge is 0.541 e. The quantitative estimate of drug-likeness (QED) is 0.370. The van der Waals surface area contributed by atoms with Crippen LogP contribution in [0.3, 0.4) is 0 Å². The van der Waals surface area contributed by atoms with Gasteiger partial charge >= 0.3 is 8.69 Å². The van der Waals surface area contributed by atoms with Gasteiger partial charge < -0.3 is 9.47 Å². The van der Waals surface area contributed by atoms with Gasteiger partial charge in [0.05, 0.1) is 0 Å². The SMILES string of the molecule is CCOC(C)(CC(=CO[PH+]=O)c1ccc(Cl)cc1)OCC. The molecule has 0 spiro atoms. The third-order valence-electron chi connectivity index (χ3n) is 2.88. The molecule has 0 N–H and O–H groups in total. The fourth-order valence-corrected chi connectivity index (χ4v) is 2.39. The van der Waals surface area contributed by atoms with E-state index in [2.05, 4.69) is 0 Å². The van der Waals surface area contributed by atoms with E-state index in [1.807, 2.05) is 32.9 Å². The Balaban J connectivity index is 3.02. The average molecular weight is 332 g/mol. The van der Waals surface area contributed by atoms with Crippen molar-refractivity contribution in [1.29, 1.82) is 0 Å². The van der Waals surface area contributed by atoms with Crippen LogP contribution in [0.5, 0.6) is 0 Å². The van der Waals surface area contributed by atoms with E-state index < -0.39 is 14.5 Å². The molecule has 116 valence electrons. The van der Waals surface area contributed by atoms with Crippen molar-refractivity contribution in [2.45, 2.75) is 33.0 Å². The molecule has 4 nitrogen and oxygen atoms in total. The zero-order valence-corrected chi connectivity index (χ0v) is 14.3. The smallest absolute Gasteiger partial charge is 0.350 e. The summed E-state index contributed by atoms with van der Waals surface area (Å²) >= 11 is 5.90. The minimum Gasteiger partial charge on any atom is -0.350 e. The lowest BCUT2D eigenvalue weighted by Gasteiger charge is -2.30. The van der Waals surface area contributed by atoms with Crippen molar-refractivity contribution in [3.8, 4) is 0 Å². The zero-order valence-electron chi connectivity index (χ0n) is 12.5. The van der Waals surface area contributed by atoms with Crippen LogP contribution in [0.1, 0.15) is 32.8 Å². The summed E-state index contributed by atoms with van der Waals surface area (Å²) in [5.74, 6) is -0.760. The first-order valence-electron chi connectivity index (χ1n) is 6.80. The molecule has 21 heavy (non-hydrogen) atoms. The highest BCUT2D eigenvalue weighted by atomic mass is 35.5. The minimum atomic E-state index is -0.853. The van der Waals surface area contributed by atoms with E-state index in [4.69, 9.17) is 25.6 Å². The first-order valence-corrected chi connectivity index (χ1v) is 7.99. The first kappa shape index (κ1) is 18.1. The molecule has 0 aliphatic carbocycles. The molecule has 1 aromatic rings. The fraction of sp³-hybridized carbons (Fsp3) is 0.467. The molecule has 1 rings (SSSR count). The highest BCUT2D eigenvalue weighted by molar-refractivity contribution is 7.17. The Kier molecular flexibility index (Phi) is 7.91. The van der Waals surface area contributed by atoms with E-state index in [-0.39, 0.29) is 0 Å².